The van der Waals surface area contributed by atoms with Crippen LogP contribution in [0.3, 0.4) is 0 Å². The van der Waals surface area contributed by atoms with Gasteiger partial charge in [0.25, 0.3) is 0 Å². The molecule has 1 aliphatic rings. The predicted molar refractivity (Wildman–Crippen MR) is 75.0 cm³/mol. The SMILES string of the molecule is Cc1cc(C(=O)O)cnc1N1CCN(C)C(=O)C1(C)C. The van der Waals surface area contributed by atoms with Gasteiger partial charge in [-0.05, 0) is 32.4 Å². The number of nitrogens with zero attached hydrogens (tertiary/aromatic N) is 3. The summed E-state index contributed by atoms with van der Waals surface area (Å²) < 4.78 is 0. The highest BCUT2D eigenvalue weighted by molar-refractivity contribution is 5.91. The predicted octanol–water partition coefficient (Wildman–Crippen LogP) is 1.15. The number of aromatic carboxylic acids is 1. The molecule has 0 aliphatic carbocycles. The number of hydrogen-bond donors (Lipinski definition) is 1. The molecule has 1 aromatic heterocycles. The lowest BCUT2D eigenvalue weighted by molar-refractivity contribution is -0.136. The minimum Gasteiger partial charge on any atom is -0.478 e. The van der Waals surface area contributed by atoms with Crippen LogP contribution in [0.25, 0.3) is 0 Å². The minimum atomic E-state index is -0.999. The normalized spacial score (nSPS) is 18.3. The van der Waals surface area contributed by atoms with E-state index in [0.717, 1.165) is 5.56 Å². The average Bonchev–Trinajstić information content (AvgIpc) is 2.37. The van der Waals surface area contributed by atoms with Gasteiger partial charge >= 0.3 is 5.97 Å². The number of carbonyl (C=O) groups is 2. The van der Waals surface area contributed by atoms with E-state index < -0.39 is 11.5 Å². The van der Waals surface area contributed by atoms with E-state index in [1.807, 2.05) is 25.7 Å². The maximum Gasteiger partial charge on any atom is 0.337 e. The highest BCUT2D eigenvalue weighted by atomic mass is 16.4. The van der Waals surface area contributed by atoms with Crippen molar-refractivity contribution in [2.75, 3.05) is 25.0 Å². The number of carboxylic acids is 1. The molecular formula is C14H19N3O3. The lowest BCUT2D eigenvalue weighted by Crippen LogP contribution is -2.62. The molecule has 0 spiro atoms. The highest BCUT2D eigenvalue weighted by Gasteiger charge is 2.41. The van der Waals surface area contributed by atoms with E-state index >= 15 is 0 Å². The first-order chi connectivity index (χ1) is 9.25. The molecule has 1 N–H and O–H groups in total. The summed E-state index contributed by atoms with van der Waals surface area (Å²) in [6.07, 6.45) is 1.34. The molecule has 6 heteroatoms. The molecule has 6 nitrogen and oxygen atoms in total. The molecule has 108 valence electrons. The van der Waals surface area contributed by atoms with Crippen LogP contribution < -0.4 is 4.90 Å². The van der Waals surface area contributed by atoms with Crippen molar-refractivity contribution in [2.45, 2.75) is 26.3 Å². The molecule has 1 aliphatic heterocycles. The van der Waals surface area contributed by atoms with Crippen molar-refractivity contribution in [3.05, 3.63) is 23.4 Å². The van der Waals surface area contributed by atoms with Crippen molar-refractivity contribution in [3.63, 3.8) is 0 Å². The second kappa shape index (κ2) is 4.77. The van der Waals surface area contributed by atoms with Crippen molar-refractivity contribution in [2.24, 2.45) is 0 Å². The molecule has 0 saturated carbocycles. The van der Waals surface area contributed by atoms with Crippen LogP contribution in [0.15, 0.2) is 12.3 Å². The number of carbonyl (C=O) groups excluding carboxylic acids is 1. The van der Waals surface area contributed by atoms with Gasteiger partial charge in [0.2, 0.25) is 5.91 Å². The number of aromatic nitrogens is 1. The molecule has 1 amide bonds. The number of likely N-dealkylation sites (N-methyl/N-ethyl adjacent to an activating group) is 1. The van der Waals surface area contributed by atoms with Gasteiger partial charge in [-0.25, -0.2) is 9.78 Å². The zero-order valence-electron chi connectivity index (χ0n) is 12.2. The molecule has 0 unspecified atom stereocenters. The molecule has 1 saturated heterocycles. The van der Waals surface area contributed by atoms with E-state index in [-0.39, 0.29) is 11.5 Å². The Balaban J connectivity index is 2.41. The summed E-state index contributed by atoms with van der Waals surface area (Å²) in [6, 6.07) is 1.59. The molecule has 2 heterocycles. The highest BCUT2D eigenvalue weighted by Crippen LogP contribution is 2.29. The monoisotopic (exact) mass is 277 g/mol. The third-order valence-electron chi connectivity index (χ3n) is 3.76. The molecule has 20 heavy (non-hydrogen) atoms. The quantitative estimate of drug-likeness (QED) is 0.877. The Kier molecular flexibility index (Phi) is 3.41. The van der Waals surface area contributed by atoms with Crippen LogP contribution >= 0.6 is 0 Å². The third-order valence-corrected chi connectivity index (χ3v) is 3.76. The molecule has 2 rings (SSSR count). The zero-order valence-corrected chi connectivity index (χ0v) is 12.2. The minimum absolute atomic E-state index is 0.0345. The van der Waals surface area contributed by atoms with Crippen LogP contribution in [0.4, 0.5) is 5.82 Å². The molecule has 0 radical (unpaired) electrons. The van der Waals surface area contributed by atoms with Gasteiger partial charge in [0.05, 0.1) is 5.56 Å². The van der Waals surface area contributed by atoms with Gasteiger partial charge in [-0.1, -0.05) is 0 Å². The van der Waals surface area contributed by atoms with Crippen molar-refractivity contribution in [1.29, 1.82) is 0 Å². The largest absolute Gasteiger partial charge is 0.478 e. The number of amides is 1. The summed E-state index contributed by atoms with van der Waals surface area (Å²) in [5.74, 6) is -0.297. The first-order valence-electron chi connectivity index (χ1n) is 6.48. The number of hydrogen-bond acceptors (Lipinski definition) is 4. The van der Waals surface area contributed by atoms with Crippen molar-refractivity contribution < 1.29 is 14.7 Å². The zero-order chi connectivity index (χ0) is 15.1. The Morgan fingerprint density at radius 1 is 1.40 bits per heavy atom. The Labute approximate surface area is 118 Å². The standard InChI is InChI=1S/C14H19N3O3/c1-9-7-10(12(18)19)8-15-11(9)17-6-5-16(4)13(20)14(17,2)3/h7-8H,5-6H2,1-4H3,(H,18,19). The number of pyridine rings is 1. The van der Waals surface area contributed by atoms with Crippen LogP contribution in [-0.4, -0.2) is 52.5 Å². The summed E-state index contributed by atoms with van der Waals surface area (Å²) in [5, 5.41) is 8.98. The lowest BCUT2D eigenvalue weighted by Gasteiger charge is -2.45. The van der Waals surface area contributed by atoms with Crippen molar-refractivity contribution in [3.8, 4) is 0 Å². The van der Waals surface area contributed by atoms with Crippen LogP contribution in [0, 0.1) is 6.92 Å². The van der Waals surface area contributed by atoms with E-state index in [4.69, 9.17) is 5.11 Å². The van der Waals surface area contributed by atoms with E-state index in [1.165, 1.54) is 6.20 Å². The summed E-state index contributed by atoms with van der Waals surface area (Å²) in [5.41, 5.74) is 0.231. The molecule has 1 aromatic rings. The average molecular weight is 277 g/mol. The maximum absolute atomic E-state index is 12.3. The maximum atomic E-state index is 12.3. The number of aryl methyl sites for hydroxylation is 1. The van der Waals surface area contributed by atoms with Gasteiger partial charge in [-0.3, -0.25) is 4.79 Å². The van der Waals surface area contributed by atoms with Crippen molar-refractivity contribution >= 4 is 17.7 Å². The van der Waals surface area contributed by atoms with Crippen LogP contribution in [0.1, 0.15) is 29.8 Å². The van der Waals surface area contributed by atoms with Crippen LogP contribution in [-0.2, 0) is 4.79 Å². The van der Waals surface area contributed by atoms with Crippen LogP contribution in [0.5, 0.6) is 0 Å². The number of rotatable bonds is 2. The Morgan fingerprint density at radius 3 is 2.60 bits per heavy atom. The molecule has 1 fully saturated rings. The Morgan fingerprint density at radius 2 is 2.05 bits per heavy atom. The Hall–Kier alpha value is -2.11. The first-order valence-corrected chi connectivity index (χ1v) is 6.48. The van der Waals surface area contributed by atoms with Gasteiger partial charge in [-0.15, -0.1) is 0 Å². The smallest absolute Gasteiger partial charge is 0.337 e. The fourth-order valence-corrected chi connectivity index (χ4v) is 2.55. The Bertz CT molecular complexity index is 569. The van der Waals surface area contributed by atoms with E-state index in [1.54, 1.807) is 18.0 Å². The van der Waals surface area contributed by atoms with Gasteiger partial charge in [0, 0.05) is 26.3 Å². The summed E-state index contributed by atoms with van der Waals surface area (Å²) >= 11 is 0. The lowest BCUT2D eigenvalue weighted by atomic mass is 9.97. The van der Waals surface area contributed by atoms with E-state index in [2.05, 4.69) is 4.98 Å². The molecule has 0 bridgehead atoms. The molecular weight excluding hydrogens is 258 g/mol. The van der Waals surface area contributed by atoms with E-state index in [0.29, 0.717) is 18.9 Å². The number of anilines is 1. The van der Waals surface area contributed by atoms with E-state index in [9.17, 15) is 9.59 Å². The number of carboxylic acid groups (broad SMARTS) is 1. The molecule has 0 atom stereocenters. The number of piperazine rings is 1. The third kappa shape index (κ3) is 2.21. The second-order valence-corrected chi connectivity index (χ2v) is 5.61. The summed E-state index contributed by atoms with van der Waals surface area (Å²) in [6.45, 7) is 6.83. The summed E-state index contributed by atoms with van der Waals surface area (Å²) in [7, 11) is 1.79. The molecule has 0 aromatic carbocycles. The summed E-state index contributed by atoms with van der Waals surface area (Å²) in [4.78, 5) is 31.1. The fourth-order valence-electron chi connectivity index (χ4n) is 2.55. The van der Waals surface area contributed by atoms with Gasteiger partial charge in [0.1, 0.15) is 11.4 Å². The van der Waals surface area contributed by atoms with Crippen LogP contribution in [0.2, 0.25) is 0 Å². The first kappa shape index (κ1) is 14.3. The van der Waals surface area contributed by atoms with Crippen molar-refractivity contribution in [1.82, 2.24) is 9.88 Å². The topological polar surface area (TPSA) is 73.7 Å². The second-order valence-electron chi connectivity index (χ2n) is 5.61. The van der Waals surface area contributed by atoms with Gasteiger partial charge < -0.3 is 14.9 Å². The fraction of sp³-hybridized carbons (Fsp3) is 0.500. The van der Waals surface area contributed by atoms with Gasteiger partial charge in [0.15, 0.2) is 0 Å². The van der Waals surface area contributed by atoms with Gasteiger partial charge in [-0.2, -0.15) is 0 Å².